The molecule has 1 aromatic carbocycles. The van der Waals surface area contributed by atoms with Crippen molar-refractivity contribution in [3.8, 4) is 11.5 Å². The topological polar surface area (TPSA) is 120 Å². The molecule has 15 heavy (non-hydrogen) atoms. The highest BCUT2D eigenvalue weighted by Crippen LogP contribution is 2.28. The monoisotopic (exact) mass is 207 g/mol. The van der Waals surface area contributed by atoms with Gasteiger partial charge in [0.05, 0.1) is 0 Å². The first-order chi connectivity index (χ1) is 7.15. The van der Waals surface area contributed by atoms with E-state index in [-0.39, 0.29) is 17.4 Å². The Kier molecular flexibility index (Phi) is 2.05. The summed E-state index contributed by atoms with van der Waals surface area (Å²) in [7, 11) is 0. The SMILES string of the molecule is Nc1nnc(Nc2ccc(O)c(O)c2)[nH]1. The van der Waals surface area contributed by atoms with Crippen LogP contribution in [0.15, 0.2) is 18.2 Å². The minimum Gasteiger partial charge on any atom is -0.504 e. The number of nitrogens with zero attached hydrogens (tertiary/aromatic N) is 2. The second-order valence-electron chi connectivity index (χ2n) is 2.89. The molecule has 0 amide bonds. The lowest BCUT2D eigenvalue weighted by Gasteiger charge is -2.03. The molecule has 0 bridgehead atoms. The summed E-state index contributed by atoms with van der Waals surface area (Å²) >= 11 is 0. The highest BCUT2D eigenvalue weighted by Gasteiger charge is 2.03. The predicted molar refractivity (Wildman–Crippen MR) is 53.8 cm³/mol. The van der Waals surface area contributed by atoms with Crippen LogP contribution in [0.25, 0.3) is 0 Å². The number of hydrogen-bond acceptors (Lipinski definition) is 6. The van der Waals surface area contributed by atoms with Gasteiger partial charge in [0.25, 0.3) is 0 Å². The van der Waals surface area contributed by atoms with Gasteiger partial charge in [-0.2, -0.15) is 0 Å². The van der Waals surface area contributed by atoms with Gasteiger partial charge in [0.1, 0.15) is 0 Å². The number of aromatic amines is 1. The molecular weight excluding hydrogens is 198 g/mol. The number of H-pyrrole nitrogens is 1. The summed E-state index contributed by atoms with van der Waals surface area (Å²) in [5.74, 6) is 0.156. The first-order valence-electron chi connectivity index (χ1n) is 4.12. The van der Waals surface area contributed by atoms with E-state index in [0.717, 1.165) is 0 Å². The van der Waals surface area contributed by atoms with Gasteiger partial charge in [0, 0.05) is 11.8 Å². The highest BCUT2D eigenvalue weighted by molar-refractivity contribution is 5.59. The fourth-order valence-corrected chi connectivity index (χ4v) is 1.07. The van der Waals surface area contributed by atoms with Crippen LogP contribution in [0.5, 0.6) is 11.5 Å². The Morgan fingerprint density at radius 3 is 2.60 bits per heavy atom. The van der Waals surface area contributed by atoms with Crippen molar-refractivity contribution in [1.29, 1.82) is 0 Å². The molecule has 0 aliphatic heterocycles. The van der Waals surface area contributed by atoms with Crippen molar-refractivity contribution >= 4 is 17.6 Å². The Bertz CT molecular complexity index is 482. The minimum atomic E-state index is -0.215. The third-order valence-electron chi connectivity index (χ3n) is 1.74. The van der Waals surface area contributed by atoms with Gasteiger partial charge in [-0.15, -0.1) is 10.2 Å². The van der Waals surface area contributed by atoms with Crippen LogP contribution in [0.2, 0.25) is 0 Å². The second kappa shape index (κ2) is 3.37. The van der Waals surface area contributed by atoms with Crippen molar-refractivity contribution in [3.63, 3.8) is 0 Å². The lowest BCUT2D eigenvalue weighted by molar-refractivity contribution is 0.404. The average Bonchev–Trinajstić information content (AvgIpc) is 2.58. The zero-order valence-electron chi connectivity index (χ0n) is 7.60. The number of nitrogens with one attached hydrogen (secondary N) is 2. The molecule has 2 rings (SSSR count). The molecule has 0 saturated heterocycles. The van der Waals surface area contributed by atoms with E-state index in [9.17, 15) is 5.11 Å². The van der Waals surface area contributed by atoms with Crippen LogP contribution in [-0.4, -0.2) is 25.4 Å². The Morgan fingerprint density at radius 2 is 2.00 bits per heavy atom. The van der Waals surface area contributed by atoms with Crippen molar-refractivity contribution < 1.29 is 10.2 Å². The fourth-order valence-electron chi connectivity index (χ4n) is 1.07. The van der Waals surface area contributed by atoms with E-state index in [1.807, 2.05) is 0 Å². The van der Waals surface area contributed by atoms with Crippen LogP contribution in [0.1, 0.15) is 0 Å². The number of rotatable bonds is 2. The summed E-state index contributed by atoms with van der Waals surface area (Å²) in [5, 5.41) is 28.3. The van der Waals surface area contributed by atoms with Crippen molar-refractivity contribution in [2.45, 2.75) is 0 Å². The summed E-state index contributed by atoms with van der Waals surface area (Å²) in [6.45, 7) is 0. The smallest absolute Gasteiger partial charge is 0.227 e. The molecule has 0 fully saturated rings. The van der Waals surface area contributed by atoms with Gasteiger partial charge in [0.15, 0.2) is 11.5 Å². The van der Waals surface area contributed by atoms with Gasteiger partial charge in [-0.05, 0) is 12.1 Å². The molecule has 1 heterocycles. The van der Waals surface area contributed by atoms with Crippen molar-refractivity contribution in [1.82, 2.24) is 15.2 Å². The molecule has 0 unspecified atom stereocenters. The van der Waals surface area contributed by atoms with E-state index in [0.29, 0.717) is 11.6 Å². The molecule has 6 N–H and O–H groups in total. The van der Waals surface area contributed by atoms with Crippen molar-refractivity contribution in [2.75, 3.05) is 11.1 Å². The summed E-state index contributed by atoms with van der Waals surface area (Å²) in [4.78, 5) is 2.66. The summed E-state index contributed by atoms with van der Waals surface area (Å²) in [6.07, 6.45) is 0. The summed E-state index contributed by atoms with van der Waals surface area (Å²) < 4.78 is 0. The van der Waals surface area contributed by atoms with Crippen LogP contribution in [0, 0.1) is 0 Å². The minimum absolute atomic E-state index is 0.183. The van der Waals surface area contributed by atoms with Gasteiger partial charge >= 0.3 is 0 Å². The maximum atomic E-state index is 9.22. The maximum absolute atomic E-state index is 9.22. The second-order valence-corrected chi connectivity index (χ2v) is 2.89. The van der Waals surface area contributed by atoms with Crippen LogP contribution >= 0.6 is 0 Å². The van der Waals surface area contributed by atoms with Gasteiger partial charge in [-0.3, -0.25) is 4.98 Å². The number of nitrogens with two attached hydrogens (primary N) is 1. The van der Waals surface area contributed by atoms with E-state index >= 15 is 0 Å². The standard InChI is InChI=1S/C8H9N5O2/c9-7-11-8(13-12-7)10-4-1-2-5(14)6(15)3-4/h1-3,14-15H,(H4,9,10,11,12,13). The lowest BCUT2D eigenvalue weighted by Crippen LogP contribution is -1.92. The number of nitrogen functional groups attached to an aromatic ring is 1. The average molecular weight is 207 g/mol. The van der Waals surface area contributed by atoms with Crippen molar-refractivity contribution in [3.05, 3.63) is 18.2 Å². The van der Waals surface area contributed by atoms with E-state index < -0.39 is 0 Å². The molecule has 2 aromatic rings. The number of phenols is 2. The Hall–Kier alpha value is -2.44. The van der Waals surface area contributed by atoms with Gasteiger partial charge in [-0.25, -0.2) is 0 Å². The van der Waals surface area contributed by atoms with Crippen LogP contribution < -0.4 is 11.1 Å². The molecule has 1 aromatic heterocycles. The first-order valence-corrected chi connectivity index (χ1v) is 4.12. The number of benzene rings is 1. The van der Waals surface area contributed by atoms with Crippen LogP contribution in [0.4, 0.5) is 17.6 Å². The van der Waals surface area contributed by atoms with E-state index in [2.05, 4.69) is 20.5 Å². The van der Waals surface area contributed by atoms with Crippen LogP contribution in [0.3, 0.4) is 0 Å². The molecule has 0 aliphatic rings. The molecule has 78 valence electrons. The fraction of sp³-hybridized carbons (Fsp3) is 0. The molecular formula is C8H9N5O2. The zero-order valence-corrected chi connectivity index (χ0v) is 7.60. The molecule has 7 nitrogen and oxygen atoms in total. The largest absolute Gasteiger partial charge is 0.504 e. The zero-order chi connectivity index (χ0) is 10.8. The third kappa shape index (κ3) is 1.90. The lowest BCUT2D eigenvalue weighted by atomic mass is 10.3. The van der Waals surface area contributed by atoms with Gasteiger partial charge in [0.2, 0.25) is 11.9 Å². The molecule has 0 atom stereocenters. The quantitative estimate of drug-likeness (QED) is 0.362. The number of phenolic OH excluding ortho intramolecular Hbond substituents is 2. The van der Waals surface area contributed by atoms with E-state index in [1.165, 1.54) is 12.1 Å². The molecule has 0 radical (unpaired) electrons. The molecule has 0 aliphatic carbocycles. The van der Waals surface area contributed by atoms with E-state index in [4.69, 9.17) is 10.8 Å². The normalized spacial score (nSPS) is 10.1. The number of aromatic nitrogens is 3. The predicted octanol–water partition coefficient (Wildman–Crippen LogP) is 0.542. The Balaban J connectivity index is 2.21. The first kappa shape index (κ1) is 9.13. The molecule has 7 heteroatoms. The summed E-state index contributed by atoms with van der Waals surface area (Å²) in [5.41, 5.74) is 5.88. The molecule has 0 spiro atoms. The van der Waals surface area contributed by atoms with Gasteiger partial charge in [-0.1, -0.05) is 0 Å². The summed E-state index contributed by atoms with van der Waals surface area (Å²) in [6, 6.07) is 4.29. The molecule has 0 saturated carbocycles. The number of hydrogen-bond donors (Lipinski definition) is 5. The number of aromatic hydroxyl groups is 2. The highest BCUT2D eigenvalue weighted by atomic mass is 16.3. The van der Waals surface area contributed by atoms with Gasteiger partial charge < -0.3 is 21.3 Å². The number of anilines is 3. The van der Waals surface area contributed by atoms with Crippen molar-refractivity contribution in [2.24, 2.45) is 0 Å². The third-order valence-corrected chi connectivity index (χ3v) is 1.74. The van der Waals surface area contributed by atoms with Crippen LogP contribution in [-0.2, 0) is 0 Å². The van der Waals surface area contributed by atoms with E-state index in [1.54, 1.807) is 6.07 Å². The Labute approximate surface area is 84.6 Å². The maximum Gasteiger partial charge on any atom is 0.227 e. The Morgan fingerprint density at radius 1 is 1.20 bits per heavy atom.